The molecule has 39 heteroatoms. The molecule has 0 radical (unpaired) electrons. The first-order valence-electron chi connectivity index (χ1n) is 33.4. The second-order valence-electron chi connectivity index (χ2n) is 28.0. The van der Waals surface area contributed by atoms with E-state index in [0.717, 1.165) is 52.3 Å². The number of anilines is 1. The number of carboxylic acids is 1. The molecule has 2 aromatic heterocycles. The minimum absolute atomic E-state index is 0.0807. The topological polar surface area (TPSA) is 357 Å². The number of hydrogen-bond acceptors (Lipinski definition) is 19. The van der Waals surface area contributed by atoms with Crippen LogP contribution in [0, 0.1) is 41.2 Å². The predicted molar refractivity (Wildman–Crippen MR) is 362 cm³/mol. The summed E-state index contributed by atoms with van der Waals surface area (Å²) in [6.45, 7) is 3.79. The molecule has 3 aliphatic heterocycles. The number of phosphoric acid groups is 1. The van der Waals surface area contributed by atoms with E-state index in [4.69, 9.17) is 14.0 Å². The summed E-state index contributed by atoms with van der Waals surface area (Å²) in [6, 6.07) is 2.09. The SMILES string of the molecule is COC(=O)N[C@H](C(=O)N[C@@H](Cc1ccc(C#Cc2cnc(N3CC4CCC(C3)N4C3COC3)nc2)cc1)[C@H](CN(Cc1c(F)cc(-c2ccn(C(F)F)n2)cc1F)NC(=O)[C@@H](NC(=O)OC)C(C)(C)C(F)(F)F)OC(=O)CC(C)(C)c1c(CC(=O)N[C@@H](C)C(=O)O)cc(C)cc1OP(=O)(O)O)C(C)(C)C(F)(F)F. The Labute approximate surface area is 612 Å². The predicted octanol–water partition coefficient (Wildman–Crippen LogP) is 7.84. The van der Waals surface area contributed by atoms with Crippen LogP contribution in [0.3, 0.4) is 0 Å². The molecule has 28 nitrogen and oxygen atoms in total. The van der Waals surface area contributed by atoms with Gasteiger partial charge >= 0.3 is 50.8 Å². The lowest BCUT2D eigenvalue weighted by Crippen LogP contribution is -2.64. The van der Waals surface area contributed by atoms with Crippen LogP contribution in [-0.4, -0.2) is 194 Å². The number of hydrogen-bond donors (Lipinski definition) is 8. The number of ether oxygens (including phenoxy) is 4. The summed E-state index contributed by atoms with van der Waals surface area (Å²) in [7, 11) is -4.11. The van der Waals surface area contributed by atoms with Crippen molar-refractivity contribution in [3.63, 3.8) is 0 Å². The normalized spacial score (nSPS) is 17.2. The number of methoxy groups -OCH3 is 2. The maximum Gasteiger partial charge on any atom is 0.524 e. The van der Waals surface area contributed by atoms with Gasteiger partial charge in [-0.2, -0.15) is 40.2 Å². The highest BCUT2D eigenvalue weighted by molar-refractivity contribution is 7.46. The van der Waals surface area contributed by atoms with Gasteiger partial charge in [0.05, 0.1) is 81.0 Å². The Morgan fingerprint density at radius 3 is 1.81 bits per heavy atom. The average molecular weight is 1560 g/mol. The van der Waals surface area contributed by atoms with Gasteiger partial charge in [-0.15, -0.1) is 0 Å². The van der Waals surface area contributed by atoms with Gasteiger partial charge < -0.3 is 54.7 Å². The first-order valence-corrected chi connectivity index (χ1v) is 35.0. The third-order valence-electron chi connectivity index (χ3n) is 18.8. The molecule has 3 aliphatic rings. The number of nitrogens with zero attached hydrogens (tertiary/aromatic N) is 7. The van der Waals surface area contributed by atoms with Crippen LogP contribution < -0.4 is 36.1 Å². The molecule has 2 bridgehead atoms. The van der Waals surface area contributed by atoms with Gasteiger partial charge in [0.1, 0.15) is 41.6 Å². The number of phosphoric ester groups is 1. The van der Waals surface area contributed by atoms with Gasteiger partial charge in [0.2, 0.25) is 17.8 Å². The molecule has 3 aromatic carbocycles. The number of aryl methyl sites for hydroxylation is 1. The molecule has 5 amide bonds. The van der Waals surface area contributed by atoms with Gasteiger partial charge in [-0.05, 0) is 114 Å². The number of alkyl carbamates (subject to hydrolysis) is 2. The van der Waals surface area contributed by atoms with E-state index >= 15 is 44.7 Å². The van der Waals surface area contributed by atoms with E-state index in [0.29, 0.717) is 106 Å². The number of amides is 5. The van der Waals surface area contributed by atoms with E-state index < -0.39 is 182 Å². The Morgan fingerprint density at radius 2 is 1.31 bits per heavy atom. The maximum atomic E-state index is 16.8. The van der Waals surface area contributed by atoms with Gasteiger partial charge in [0.15, 0.2) is 0 Å². The Morgan fingerprint density at radius 1 is 0.759 bits per heavy atom. The van der Waals surface area contributed by atoms with Crippen molar-refractivity contribution in [1.82, 2.24) is 56.4 Å². The molecule has 5 heterocycles. The second-order valence-corrected chi connectivity index (χ2v) is 29.2. The number of halogens is 10. The Kier molecular flexibility index (Phi) is 26.3. The molecule has 3 fully saturated rings. The monoisotopic (exact) mass is 1550 g/mol. The van der Waals surface area contributed by atoms with Crippen LogP contribution in [0.5, 0.6) is 5.75 Å². The van der Waals surface area contributed by atoms with E-state index in [2.05, 4.69) is 62.2 Å². The number of fused-ring (bicyclic) bond motifs is 2. The molecular formula is C69H81F10N12O16P. The fraction of sp³-hybridized carbons (Fsp3) is 0.507. The molecule has 2 unspecified atom stereocenters. The molecule has 7 atom stereocenters. The summed E-state index contributed by atoms with van der Waals surface area (Å²) >= 11 is 0. The fourth-order valence-corrected chi connectivity index (χ4v) is 13.2. The highest BCUT2D eigenvalue weighted by atomic mass is 31.2. The third-order valence-corrected chi connectivity index (χ3v) is 19.3. The molecular weight excluding hydrogens is 1470 g/mol. The van der Waals surface area contributed by atoms with E-state index in [1.807, 2.05) is 5.32 Å². The van der Waals surface area contributed by atoms with Crippen molar-refractivity contribution in [3.05, 3.63) is 124 Å². The number of nitrogens with one attached hydrogen (secondary N) is 5. The standard InChI is InChI=1S/C69H81F10N12O16P/c1-36-21-42(26-53(92)82-37(2)60(96)97)55(51(22-36)107-108(100,101)102)65(3,4)27-54(93)106-52(33-89(87-59(95)57(85-64(99)104-10)67(7,8)69(77,78)79)32-46-47(70)24-41(25-48(46)71)49-19-20-90(86-49)61(72)73)50(83-58(94)56(84-63(98)103-9)66(5,6)68(74,75)76)23-39-14-11-38(12-15-39)13-16-40-28-80-62(81-29-40)88-30-43-17-18-44(31-88)91(43)45-34-105-35-45/h11-12,14-15,19-22,24-25,28-29,37,43-45,50,52,56-57,61H,17-18,23,26-27,30-35H2,1-10H3,(H,82,92)(H,83,94)(H,84,98)(H,85,99)(H,87,95)(H,96,97)(H2,100,101,102)/t37-,43?,44?,50-,52-,56+,57+/m0/s1. The minimum Gasteiger partial charge on any atom is -0.480 e. The summed E-state index contributed by atoms with van der Waals surface area (Å²) < 4.78 is 191. The number of piperazine rings is 1. The van der Waals surface area contributed by atoms with Gasteiger partial charge in [-0.3, -0.25) is 44.1 Å². The summed E-state index contributed by atoms with van der Waals surface area (Å²) in [4.78, 5) is 130. The van der Waals surface area contributed by atoms with Gasteiger partial charge in [-0.25, -0.2) is 42.6 Å². The van der Waals surface area contributed by atoms with Gasteiger partial charge in [0, 0.05) is 78.0 Å². The number of carbonyl (C=O) groups excluding carboxylic acids is 6. The number of alkyl halides is 8. The Bertz CT molecular complexity index is 4210. The van der Waals surface area contributed by atoms with Crippen molar-refractivity contribution < 1.29 is 120 Å². The zero-order valence-electron chi connectivity index (χ0n) is 59.9. The van der Waals surface area contributed by atoms with Gasteiger partial charge in [-0.1, -0.05) is 43.9 Å². The van der Waals surface area contributed by atoms with Crippen LogP contribution in [0.15, 0.2) is 73.2 Å². The summed E-state index contributed by atoms with van der Waals surface area (Å²) in [6.07, 6.45) is -13.0. The first kappa shape index (κ1) is 84.0. The number of carbonyl (C=O) groups is 7. The lowest BCUT2D eigenvalue weighted by atomic mass is 9.77. The van der Waals surface area contributed by atoms with Crippen molar-refractivity contribution in [1.29, 1.82) is 0 Å². The number of hydrazine groups is 1. The van der Waals surface area contributed by atoms with E-state index in [-0.39, 0.29) is 26.9 Å². The minimum atomic E-state index is -5.58. The van der Waals surface area contributed by atoms with Crippen LogP contribution in [0.1, 0.15) is 113 Å². The average Bonchev–Trinajstić information content (AvgIpc) is 1.27. The zero-order chi connectivity index (χ0) is 79.9. The molecule has 8 rings (SSSR count). The molecule has 0 saturated carbocycles. The van der Waals surface area contributed by atoms with Crippen LogP contribution in [0.2, 0.25) is 0 Å². The molecule has 108 heavy (non-hydrogen) atoms. The van der Waals surface area contributed by atoms with Crippen molar-refractivity contribution in [2.24, 2.45) is 10.8 Å². The van der Waals surface area contributed by atoms with Crippen molar-refractivity contribution in [3.8, 4) is 28.8 Å². The largest absolute Gasteiger partial charge is 0.524 e. The molecule has 0 aliphatic carbocycles. The molecule has 8 N–H and O–H groups in total. The molecule has 0 spiro atoms. The highest BCUT2D eigenvalue weighted by Gasteiger charge is 2.58. The van der Waals surface area contributed by atoms with Crippen molar-refractivity contribution >= 4 is 55.6 Å². The quantitative estimate of drug-likeness (QED) is 0.00564. The number of esters is 1. The smallest absolute Gasteiger partial charge is 0.480 e. The lowest BCUT2D eigenvalue weighted by molar-refractivity contribution is -0.221. The van der Waals surface area contributed by atoms with Crippen LogP contribution in [0.25, 0.3) is 11.3 Å². The summed E-state index contributed by atoms with van der Waals surface area (Å²) in [5.74, 6) is -4.90. The van der Waals surface area contributed by atoms with Crippen LogP contribution >= 0.6 is 7.82 Å². The Balaban J connectivity index is 1.27. The second kappa shape index (κ2) is 33.9. The van der Waals surface area contributed by atoms with Gasteiger partial charge in [0.25, 0.3) is 5.91 Å². The molecule has 5 aromatic rings. The molecule has 3 saturated heterocycles. The maximum absolute atomic E-state index is 16.8. The highest BCUT2D eigenvalue weighted by Crippen LogP contribution is 2.47. The number of rotatable bonds is 29. The van der Waals surface area contributed by atoms with E-state index in [1.165, 1.54) is 63.5 Å². The Hall–Kier alpha value is -9.67. The van der Waals surface area contributed by atoms with E-state index in [1.54, 1.807) is 5.32 Å². The summed E-state index contributed by atoms with van der Waals surface area (Å²) in [5, 5.41) is 21.8. The number of aliphatic carboxylic acids is 1. The number of aromatic nitrogens is 4. The fourth-order valence-electron chi connectivity index (χ4n) is 12.8. The third kappa shape index (κ3) is 20.8. The molecule has 588 valence electrons. The van der Waals surface area contributed by atoms with Crippen molar-refractivity contribution in [2.45, 2.75) is 167 Å². The number of carboxylic acid groups (broad SMARTS) is 1. The van der Waals surface area contributed by atoms with Crippen LogP contribution in [0.4, 0.5) is 59.4 Å². The van der Waals surface area contributed by atoms with Crippen molar-refractivity contribution in [2.75, 3.05) is 52.0 Å². The van der Waals surface area contributed by atoms with Crippen LogP contribution in [-0.2, 0) is 72.3 Å². The zero-order valence-corrected chi connectivity index (χ0v) is 60.8. The lowest BCUT2D eigenvalue weighted by Gasteiger charge is -2.47. The van der Waals surface area contributed by atoms with E-state index in [9.17, 15) is 52.2 Å². The first-order chi connectivity index (χ1) is 50.3. The summed E-state index contributed by atoms with van der Waals surface area (Å²) in [5.41, 5.74) is -7.95. The number of benzene rings is 3.